The van der Waals surface area contributed by atoms with Crippen molar-refractivity contribution in [2.75, 3.05) is 18.6 Å². The maximum absolute atomic E-state index is 3.67. The first-order valence-electron chi connectivity index (χ1n) is 7.36. The lowest BCUT2D eigenvalue weighted by Crippen LogP contribution is -2.21. The van der Waals surface area contributed by atoms with E-state index in [0.717, 1.165) is 6.54 Å². The lowest BCUT2D eigenvalue weighted by atomic mass is 9.95. The molecule has 0 amide bonds. The van der Waals surface area contributed by atoms with Gasteiger partial charge in [-0.3, -0.25) is 0 Å². The number of aryl methyl sites for hydroxylation is 3. The van der Waals surface area contributed by atoms with E-state index in [2.05, 4.69) is 51.4 Å². The zero-order valence-electron chi connectivity index (χ0n) is 13.2. The Hall–Kier alpha value is -0.470. The molecule has 0 fully saturated rings. The van der Waals surface area contributed by atoms with Crippen molar-refractivity contribution in [2.45, 2.75) is 53.0 Å². The van der Waals surface area contributed by atoms with Gasteiger partial charge in [-0.15, -0.1) is 0 Å². The lowest BCUT2D eigenvalue weighted by molar-refractivity contribution is 0.541. The van der Waals surface area contributed by atoms with Crippen LogP contribution < -0.4 is 5.32 Å². The lowest BCUT2D eigenvalue weighted by Gasteiger charge is -2.20. The fraction of sp³-hybridized carbons (Fsp3) is 0.647. The molecule has 1 nitrogen and oxygen atoms in total. The summed E-state index contributed by atoms with van der Waals surface area (Å²) < 4.78 is 0. The molecule has 0 saturated heterocycles. The Kier molecular flexibility index (Phi) is 7.55. The van der Waals surface area contributed by atoms with E-state index in [4.69, 9.17) is 0 Å². The third kappa shape index (κ3) is 5.58. The second-order valence-electron chi connectivity index (χ2n) is 5.54. The van der Waals surface area contributed by atoms with Crippen molar-refractivity contribution in [3.8, 4) is 0 Å². The predicted molar refractivity (Wildman–Crippen MR) is 89.3 cm³/mol. The van der Waals surface area contributed by atoms with Crippen LogP contribution in [-0.4, -0.2) is 18.6 Å². The molecule has 0 aromatic heterocycles. The molecule has 108 valence electrons. The smallest absolute Gasteiger partial charge is 0.0297 e. The van der Waals surface area contributed by atoms with Crippen LogP contribution in [0.4, 0.5) is 0 Å². The van der Waals surface area contributed by atoms with Crippen LogP contribution in [-0.2, 0) is 0 Å². The average Bonchev–Trinajstić information content (AvgIpc) is 2.32. The Labute approximate surface area is 123 Å². The highest BCUT2D eigenvalue weighted by Gasteiger charge is 2.10. The summed E-state index contributed by atoms with van der Waals surface area (Å²) >= 11 is 1.95. The largest absolute Gasteiger partial charge is 0.310 e. The summed E-state index contributed by atoms with van der Waals surface area (Å²) in [6, 6.07) is 5.04. The summed E-state index contributed by atoms with van der Waals surface area (Å²) in [6.45, 7) is 10.0. The Morgan fingerprint density at radius 2 is 1.68 bits per heavy atom. The van der Waals surface area contributed by atoms with Crippen LogP contribution in [0.1, 0.15) is 54.5 Å². The minimum absolute atomic E-state index is 0.459. The van der Waals surface area contributed by atoms with Gasteiger partial charge < -0.3 is 5.32 Å². The van der Waals surface area contributed by atoms with E-state index in [1.165, 1.54) is 47.3 Å². The van der Waals surface area contributed by atoms with Crippen molar-refractivity contribution in [3.05, 3.63) is 34.4 Å². The van der Waals surface area contributed by atoms with E-state index < -0.39 is 0 Å². The molecule has 2 heteroatoms. The van der Waals surface area contributed by atoms with Gasteiger partial charge in [-0.2, -0.15) is 11.8 Å². The van der Waals surface area contributed by atoms with E-state index in [0.29, 0.717) is 6.04 Å². The number of nitrogens with one attached hydrogen (secondary N) is 1. The van der Waals surface area contributed by atoms with Crippen LogP contribution in [0.15, 0.2) is 12.1 Å². The summed E-state index contributed by atoms with van der Waals surface area (Å²) in [5.74, 6) is 1.30. The molecular weight excluding hydrogens is 250 g/mol. The zero-order valence-corrected chi connectivity index (χ0v) is 14.0. The molecule has 0 radical (unpaired) electrons. The minimum Gasteiger partial charge on any atom is -0.310 e. The first-order chi connectivity index (χ1) is 9.06. The highest BCUT2D eigenvalue weighted by Crippen LogP contribution is 2.23. The Morgan fingerprint density at radius 1 is 1.05 bits per heavy atom. The van der Waals surface area contributed by atoms with Gasteiger partial charge in [-0.25, -0.2) is 0 Å². The second kappa shape index (κ2) is 8.65. The molecule has 0 aliphatic carbocycles. The van der Waals surface area contributed by atoms with Gasteiger partial charge in [0.25, 0.3) is 0 Å². The van der Waals surface area contributed by atoms with Crippen LogP contribution in [0.5, 0.6) is 0 Å². The Balaban J connectivity index is 2.43. The van der Waals surface area contributed by atoms with Crippen molar-refractivity contribution in [2.24, 2.45) is 0 Å². The second-order valence-corrected chi connectivity index (χ2v) is 6.53. The molecule has 1 rings (SSSR count). The highest BCUT2D eigenvalue weighted by molar-refractivity contribution is 7.98. The molecule has 0 aliphatic rings. The molecular formula is C17H29NS. The molecule has 0 aliphatic heterocycles. The van der Waals surface area contributed by atoms with E-state index in [-0.39, 0.29) is 0 Å². The number of hydrogen-bond acceptors (Lipinski definition) is 2. The van der Waals surface area contributed by atoms with Crippen molar-refractivity contribution < 1.29 is 0 Å². The van der Waals surface area contributed by atoms with Crippen molar-refractivity contribution in [3.63, 3.8) is 0 Å². The van der Waals surface area contributed by atoms with Gasteiger partial charge in [-0.05, 0) is 75.8 Å². The monoisotopic (exact) mass is 279 g/mol. The molecule has 1 atom stereocenters. The first kappa shape index (κ1) is 16.6. The van der Waals surface area contributed by atoms with Crippen LogP contribution in [0.2, 0.25) is 0 Å². The number of thioether (sulfide) groups is 1. The van der Waals surface area contributed by atoms with E-state index in [9.17, 15) is 0 Å². The van der Waals surface area contributed by atoms with Crippen molar-refractivity contribution >= 4 is 11.8 Å². The maximum atomic E-state index is 3.67. The zero-order chi connectivity index (χ0) is 14.3. The predicted octanol–water partition coefficient (Wildman–Crippen LogP) is 4.80. The highest BCUT2D eigenvalue weighted by atomic mass is 32.2. The number of benzene rings is 1. The van der Waals surface area contributed by atoms with Gasteiger partial charge in [0, 0.05) is 6.04 Å². The van der Waals surface area contributed by atoms with Gasteiger partial charge in [0.2, 0.25) is 0 Å². The molecule has 1 aromatic carbocycles. The fourth-order valence-electron chi connectivity index (χ4n) is 2.84. The first-order valence-corrected chi connectivity index (χ1v) is 8.75. The van der Waals surface area contributed by atoms with Crippen molar-refractivity contribution in [1.82, 2.24) is 5.32 Å². The molecule has 0 heterocycles. The van der Waals surface area contributed by atoms with Crippen LogP contribution in [0, 0.1) is 20.8 Å². The standard InChI is InChI=1S/C17H29NS/c1-13-11-14(2)17(15(3)12-13)16(4)18-9-7-6-8-10-19-5/h11-12,16,18H,6-10H2,1-5H3. The topological polar surface area (TPSA) is 12.0 Å². The molecule has 1 N–H and O–H groups in total. The minimum atomic E-state index is 0.459. The van der Waals surface area contributed by atoms with E-state index >= 15 is 0 Å². The molecule has 0 saturated carbocycles. The normalized spacial score (nSPS) is 12.7. The number of unbranched alkanes of at least 4 members (excludes halogenated alkanes) is 2. The summed E-state index contributed by atoms with van der Waals surface area (Å²) in [4.78, 5) is 0. The summed E-state index contributed by atoms with van der Waals surface area (Å²) in [5, 5.41) is 3.67. The Morgan fingerprint density at radius 3 is 2.26 bits per heavy atom. The van der Waals surface area contributed by atoms with Gasteiger partial charge in [0.15, 0.2) is 0 Å². The van der Waals surface area contributed by atoms with Crippen molar-refractivity contribution in [1.29, 1.82) is 0 Å². The summed E-state index contributed by atoms with van der Waals surface area (Å²) in [5.41, 5.74) is 5.68. The average molecular weight is 279 g/mol. The summed E-state index contributed by atoms with van der Waals surface area (Å²) in [6.07, 6.45) is 6.16. The van der Waals surface area contributed by atoms with E-state index in [1.807, 2.05) is 11.8 Å². The molecule has 1 aromatic rings. The third-order valence-corrected chi connectivity index (χ3v) is 4.34. The third-order valence-electron chi connectivity index (χ3n) is 3.65. The molecule has 0 bridgehead atoms. The fourth-order valence-corrected chi connectivity index (χ4v) is 3.34. The molecule has 1 unspecified atom stereocenters. The van der Waals surface area contributed by atoms with Crippen LogP contribution in [0.25, 0.3) is 0 Å². The van der Waals surface area contributed by atoms with Gasteiger partial charge in [0.1, 0.15) is 0 Å². The SMILES string of the molecule is CSCCCCCNC(C)c1c(C)cc(C)cc1C. The number of hydrogen-bond donors (Lipinski definition) is 1. The van der Waals surface area contributed by atoms with Crippen LogP contribution >= 0.6 is 11.8 Å². The number of rotatable bonds is 8. The van der Waals surface area contributed by atoms with Crippen LogP contribution in [0.3, 0.4) is 0 Å². The Bertz CT molecular complexity index is 364. The molecule has 0 spiro atoms. The summed E-state index contributed by atoms with van der Waals surface area (Å²) in [7, 11) is 0. The van der Waals surface area contributed by atoms with Gasteiger partial charge >= 0.3 is 0 Å². The van der Waals surface area contributed by atoms with Gasteiger partial charge in [-0.1, -0.05) is 24.1 Å². The maximum Gasteiger partial charge on any atom is 0.0297 e. The van der Waals surface area contributed by atoms with E-state index in [1.54, 1.807) is 0 Å². The van der Waals surface area contributed by atoms with Gasteiger partial charge in [0.05, 0.1) is 0 Å². The molecule has 19 heavy (non-hydrogen) atoms. The quantitative estimate of drug-likeness (QED) is 0.686.